The standard InChI is InChI=1S/C18H18N2O3S/c1-23-16-8-4-3-7-14(16)20-18(22)19-10-15(21)13-11-24-17-9-5-2-6-12(13)17/h2-9,11,15,21H,10H2,1H3,(H2,19,20,22). The molecule has 1 heterocycles. The summed E-state index contributed by atoms with van der Waals surface area (Å²) in [5, 5.41) is 18.7. The van der Waals surface area contributed by atoms with E-state index in [1.54, 1.807) is 30.6 Å². The number of carbonyl (C=O) groups excluding carboxylic acids is 1. The number of carbonyl (C=O) groups is 1. The van der Waals surface area contributed by atoms with Gasteiger partial charge in [0.2, 0.25) is 0 Å². The van der Waals surface area contributed by atoms with Crippen LogP contribution in [0.4, 0.5) is 10.5 Å². The molecule has 0 radical (unpaired) electrons. The molecule has 124 valence electrons. The number of hydrogen-bond donors (Lipinski definition) is 3. The number of rotatable bonds is 5. The van der Waals surface area contributed by atoms with Gasteiger partial charge in [-0.1, -0.05) is 30.3 Å². The van der Waals surface area contributed by atoms with Crippen molar-refractivity contribution in [2.45, 2.75) is 6.10 Å². The fourth-order valence-corrected chi connectivity index (χ4v) is 3.48. The van der Waals surface area contributed by atoms with Crippen LogP contribution in [0.5, 0.6) is 5.75 Å². The number of methoxy groups -OCH3 is 1. The van der Waals surface area contributed by atoms with E-state index in [-0.39, 0.29) is 6.54 Å². The molecule has 0 fully saturated rings. The van der Waals surface area contributed by atoms with Crippen molar-refractivity contribution >= 4 is 33.1 Å². The van der Waals surface area contributed by atoms with Crippen molar-refractivity contribution in [1.29, 1.82) is 0 Å². The summed E-state index contributed by atoms with van der Waals surface area (Å²) in [5.74, 6) is 0.581. The van der Waals surface area contributed by atoms with Gasteiger partial charge in [0, 0.05) is 16.8 Å². The Morgan fingerprint density at radius 1 is 1.21 bits per heavy atom. The fourth-order valence-electron chi connectivity index (χ4n) is 2.47. The van der Waals surface area contributed by atoms with E-state index in [0.717, 1.165) is 15.6 Å². The molecule has 0 aliphatic heterocycles. The summed E-state index contributed by atoms with van der Waals surface area (Å²) < 4.78 is 6.30. The second kappa shape index (κ2) is 7.33. The molecule has 0 bridgehead atoms. The number of anilines is 1. The number of benzene rings is 2. The molecule has 0 aliphatic carbocycles. The summed E-state index contributed by atoms with van der Waals surface area (Å²) in [4.78, 5) is 12.0. The number of fused-ring (bicyclic) bond motifs is 1. The van der Waals surface area contributed by atoms with E-state index in [9.17, 15) is 9.90 Å². The van der Waals surface area contributed by atoms with E-state index < -0.39 is 12.1 Å². The Morgan fingerprint density at radius 3 is 2.79 bits per heavy atom. The SMILES string of the molecule is COc1ccccc1NC(=O)NCC(O)c1csc2ccccc12. The van der Waals surface area contributed by atoms with Crippen molar-refractivity contribution in [3.05, 3.63) is 59.5 Å². The summed E-state index contributed by atoms with van der Waals surface area (Å²) in [7, 11) is 1.55. The maximum absolute atomic E-state index is 12.0. The highest BCUT2D eigenvalue weighted by Gasteiger charge is 2.14. The van der Waals surface area contributed by atoms with Crippen LogP contribution in [-0.2, 0) is 0 Å². The number of thiophene rings is 1. The molecule has 3 aromatic rings. The molecule has 0 aliphatic rings. The van der Waals surface area contributed by atoms with Crippen molar-refractivity contribution in [1.82, 2.24) is 5.32 Å². The molecular formula is C18H18N2O3S. The predicted octanol–water partition coefficient (Wildman–Crippen LogP) is 3.77. The lowest BCUT2D eigenvalue weighted by molar-refractivity contribution is 0.177. The van der Waals surface area contributed by atoms with Gasteiger partial charge >= 0.3 is 6.03 Å². The second-order valence-electron chi connectivity index (χ2n) is 5.24. The summed E-state index contributed by atoms with van der Waals surface area (Å²) in [6.07, 6.45) is -0.760. The summed E-state index contributed by atoms with van der Waals surface area (Å²) in [5.41, 5.74) is 1.40. The Balaban J connectivity index is 1.62. The lowest BCUT2D eigenvalue weighted by Crippen LogP contribution is -2.32. The van der Waals surface area contributed by atoms with Crippen LogP contribution in [0.1, 0.15) is 11.7 Å². The van der Waals surface area contributed by atoms with Crippen LogP contribution in [0.3, 0.4) is 0 Å². The number of hydrogen-bond acceptors (Lipinski definition) is 4. The molecule has 2 aromatic carbocycles. The topological polar surface area (TPSA) is 70.6 Å². The second-order valence-corrected chi connectivity index (χ2v) is 6.15. The molecular weight excluding hydrogens is 324 g/mol. The van der Waals surface area contributed by atoms with Gasteiger partial charge in [-0.05, 0) is 29.0 Å². The largest absolute Gasteiger partial charge is 0.495 e. The van der Waals surface area contributed by atoms with Crippen molar-refractivity contribution in [2.24, 2.45) is 0 Å². The van der Waals surface area contributed by atoms with Crippen LogP contribution in [0.25, 0.3) is 10.1 Å². The smallest absolute Gasteiger partial charge is 0.319 e. The molecule has 6 heteroatoms. The van der Waals surface area contributed by atoms with E-state index in [2.05, 4.69) is 10.6 Å². The molecule has 1 unspecified atom stereocenters. The van der Waals surface area contributed by atoms with Crippen LogP contribution < -0.4 is 15.4 Å². The molecule has 0 saturated carbocycles. The van der Waals surface area contributed by atoms with E-state index >= 15 is 0 Å². The number of nitrogens with one attached hydrogen (secondary N) is 2. The lowest BCUT2D eigenvalue weighted by atomic mass is 10.1. The van der Waals surface area contributed by atoms with Gasteiger partial charge in [-0.2, -0.15) is 0 Å². The highest BCUT2D eigenvalue weighted by molar-refractivity contribution is 7.17. The first-order valence-electron chi connectivity index (χ1n) is 7.51. The molecule has 1 aromatic heterocycles. The summed E-state index contributed by atoms with van der Waals surface area (Å²) >= 11 is 1.58. The maximum Gasteiger partial charge on any atom is 0.319 e. The van der Waals surface area contributed by atoms with Gasteiger partial charge in [-0.25, -0.2) is 4.79 Å². The highest BCUT2D eigenvalue weighted by Crippen LogP contribution is 2.30. The first-order chi connectivity index (χ1) is 11.7. The van der Waals surface area contributed by atoms with E-state index in [0.29, 0.717) is 11.4 Å². The van der Waals surface area contributed by atoms with E-state index in [4.69, 9.17) is 4.74 Å². The normalized spacial score (nSPS) is 11.9. The minimum Gasteiger partial charge on any atom is -0.495 e. The highest BCUT2D eigenvalue weighted by atomic mass is 32.1. The van der Waals surface area contributed by atoms with Gasteiger partial charge < -0.3 is 20.5 Å². The van der Waals surface area contributed by atoms with Gasteiger partial charge in [-0.3, -0.25) is 0 Å². The van der Waals surface area contributed by atoms with E-state index in [1.165, 1.54) is 0 Å². The Kier molecular flexibility index (Phi) is 4.98. The van der Waals surface area contributed by atoms with Gasteiger partial charge in [-0.15, -0.1) is 11.3 Å². The van der Waals surface area contributed by atoms with Crippen LogP contribution in [0.2, 0.25) is 0 Å². The molecule has 2 amide bonds. The molecule has 0 spiro atoms. The zero-order valence-electron chi connectivity index (χ0n) is 13.2. The predicted molar refractivity (Wildman–Crippen MR) is 96.8 cm³/mol. The van der Waals surface area contributed by atoms with Crippen LogP contribution in [-0.4, -0.2) is 24.8 Å². The van der Waals surface area contributed by atoms with Gasteiger partial charge in [0.1, 0.15) is 5.75 Å². The number of urea groups is 1. The van der Waals surface area contributed by atoms with Crippen molar-refractivity contribution < 1.29 is 14.6 Å². The van der Waals surface area contributed by atoms with Gasteiger partial charge in [0.15, 0.2) is 0 Å². The molecule has 3 rings (SSSR count). The number of ether oxygens (including phenoxy) is 1. The molecule has 1 atom stereocenters. The molecule has 5 nitrogen and oxygen atoms in total. The fraction of sp³-hybridized carbons (Fsp3) is 0.167. The number of amides is 2. The molecule has 3 N–H and O–H groups in total. The first-order valence-corrected chi connectivity index (χ1v) is 8.39. The third kappa shape index (κ3) is 3.50. The average molecular weight is 342 g/mol. The van der Waals surface area contributed by atoms with Crippen LogP contribution in [0, 0.1) is 0 Å². The molecule has 24 heavy (non-hydrogen) atoms. The first kappa shape index (κ1) is 16.3. The summed E-state index contributed by atoms with van der Waals surface area (Å²) in [6, 6.07) is 14.7. The Labute approximate surface area is 143 Å². The van der Waals surface area contributed by atoms with Crippen LogP contribution >= 0.6 is 11.3 Å². The third-order valence-corrected chi connectivity index (χ3v) is 4.66. The Hall–Kier alpha value is -2.57. The average Bonchev–Trinajstić information content (AvgIpc) is 3.04. The molecule has 0 saturated heterocycles. The number of aliphatic hydroxyl groups is 1. The van der Waals surface area contributed by atoms with Crippen molar-refractivity contribution in [3.63, 3.8) is 0 Å². The van der Waals surface area contributed by atoms with Crippen molar-refractivity contribution in [3.8, 4) is 5.75 Å². The van der Waals surface area contributed by atoms with E-state index in [1.807, 2.05) is 41.8 Å². The van der Waals surface area contributed by atoms with Crippen molar-refractivity contribution in [2.75, 3.05) is 19.0 Å². The third-order valence-electron chi connectivity index (χ3n) is 3.68. The minimum atomic E-state index is -0.760. The van der Waals surface area contributed by atoms with Gasteiger partial charge in [0.25, 0.3) is 0 Å². The monoisotopic (exact) mass is 342 g/mol. The lowest BCUT2D eigenvalue weighted by Gasteiger charge is -2.13. The van der Waals surface area contributed by atoms with Crippen LogP contribution in [0.15, 0.2) is 53.9 Å². The zero-order valence-corrected chi connectivity index (χ0v) is 14.0. The van der Waals surface area contributed by atoms with Gasteiger partial charge in [0.05, 0.1) is 18.9 Å². The zero-order chi connectivity index (χ0) is 16.9. The Bertz CT molecular complexity index is 847. The minimum absolute atomic E-state index is 0.127. The Morgan fingerprint density at radius 2 is 1.96 bits per heavy atom. The maximum atomic E-state index is 12.0. The number of para-hydroxylation sites is 2. The number of aliphatic hydroxyl groups excluding tert-OH is 1. The quantitative estimate of drug-likeness (QED) is 0.661. The summed E-state index contributed by atoms with van der Waals surface area (Å²) in [6.45, 7) is 0.127.